The Kier molecular flexibility index (Phi) is 3.82. The molecule has 0 aromatic rings. The quantitative estimate of drug-likeness (QED) is 0.725. The van der Waals surface area contributed by atoms with E-state index < -0.39 is 0 Å². The summed E-state index contributed by atoms with van der Waals surface area (Å²) >= 11 is 0. The molecule has 2 heterocycles. The van der Waals surface area contributed by atoms with Crippen molar-refractivity contribution < 1.29 is 0 Å². The van der Waals surface area contributed by atoms with Crippen LogP contribution in [0.15, 0.2) is 0 Å². The monoisotopic (exact) mass is 196 g/mol. The molecule has 0 aliphatic carbocycles. The second-order valence-corrected chi connectivity index (χ2v) is 4.92. The van der Waals surface area contributed by atoms with Gasteiger partial charge in [-0.05, 0) is 64.7 Å². The first kappa shape index (κ1) is 10.4. The van der Waals surface area contributed by atoms with Gasteiger partial charge in [0.1, 0.15) is 0 Å². The summed E-state index contributed by atoms with van der Waals surface area (Å²) in [6.45, 7) is 7.63. The standard InChI is InChI=1S/C12H24N2/c1-11(12-5-7-13-8-6-12)14-9-3-2-4-10-14/h11-13H,2-10H2,1H3. The Morgan fingerprint density at radius 3 is 2.36 bits per heavy atom. The van der Waals surface area contributed by atoms with Gasteiger partial charge >= 0.3 is 0 Å². The van der Waals surface area contributed by atoms with Gasteiger partial charge in [-0.15, -0.1) is 0 Å². The van der Waals surface area contributed by atoms with E-state index in [9.17, 15) is 0 Å². The van der Waals surface area contributed by atoms with Crippen molar-refractivity contribution in [3.8, 4) is 0 Å². The third-order valence-corrected chi connectivity index (χ3v) is 4.03. The molecule has 2 fully saturated rings. The van der Waals surface area contributed by atoms with E-state index >= 15 is 0 Å². The van der Waals surface area contributed by atoms with Gasteiger partial charge in [0, 0.05) is 6.04 Å². The van der Waals surface area contributed by atoms with E-state index in [1.165, 1.54) is 58.3 Å². The molecular weight excluding hydrogens is 172 g/mol. The van der Waals surface area contributed by atoms with Crippen LogP contribution >= 0.6 is 0 Å². The number of hydrogen-bond donors (Lipinski definition) is 1. The molecule has 0 spiro atoms. The van der Waals surface area contributed by atoms with Gasteiger partial charge in [0.25, 0.3) is 0 Å². The van der Waals surface area contributed by atoms with Crippen molar-refractivity contribution in [3.63, 3.8) is 0 Å². The maximum absolute atomic E-state index is 3.45. The summed E-state index contributed by atoms with van der Waals surface area (Å²) in [7, 11) is 0. The van der Waals surface area contributed by atoms with E-state index in [4.69, 9.17) is 0 Å². The lowest BCUT2D eigenvalue weighted by molar-refractivity contribution is 0.112. The average molecular weight is 196 g/mol. The predicted molar refractivity (Wildman–Crippen MR) is 60.5 cm³/mol. The van der Waals surface area contributed by atoms with Gasteiger partial charge in [-0.2, -0.15) is 0 Å². The molecule has 82 valence electrons. The number of rotatable bonds is 2. The fourth-order valence-electron chi connectivity index (χ4n) is 2.95. The summed E-state index contributed by atoms with van der Waals surface area (Å²) in [5.41, 5.74) is 0. The first-order valence-corrected chi connectivity index (χ1v) is 6.32. The van der Waals surface area contributed by atoms with E-state index in [0.29, 0.717) is 0 Å². The molecule has 2 aliphatic rings. The van der Waals surface area contributed by atoms with E-state index in [1.54, 1.807) is 0 Å². The van der Waals surface area contributed by atoms with Crippen LogP contribution in [0.4, 0.5) is 0 Å². The molecule has 2 aliphatic heterocycles. The molecule has 0 radical (unpaired) electrons. The van der Waals surface area contributed by atoms with Crippen molar-refractivity contribution in [3.05, 3.63) is 0 Å². The summed E-state index contributed by atoms with van der Waals surface area (Å²) in [5.74, 6) is 0.953. The van der Waals surface area contributed by atoms with Crippen molar-refractivity contribution in [2.75, 3.05) is 26.2 Å². The van der Waals surface area contributed by atoms with Gasteiger partial charge < -0.3 is 10.2 Å². The fraction of sp³-hybridized carbons (Fsp3) is 1.00. The van der Waals surface area contributed by atoms with Gasteiger partial charge in [0.2, 0.25) is 0 Å². The summed E-state index contributed by atoms with van der Waals surface area (Å²) in [6.07, 6.45) is 7.08. The molecule has 0 aromatic carbocycles. The van der Waals surface area contributed by atoms with E-state index in [1.807, 2.05) is 0 Å². The zero-order valence-electron chi connectivity index (χ0n) is 9.47. The Morgan fingerprint density at radius 2 is 1.71 bits per heavy atom. The maximum Gasteiger partial charge on any atom is 0.00961 e. The minimum atomic E-state index is 0.831. The summed E-state index contributed by atoms with van der Waals surface area (Å²) < 4.78 is 0. The second-order valence-electron chi connectivity index (χ2n) is 4.92. The normalized spacial score (nSPS) is 28.9. The Balaban J connectivity index is 1.82. The molecule has 0 bridgehead atoms. The van der Waals surface area contributed by atoms with Crippen LogP contribution in [0.2, 0.25) is 0 Å². The molecule has 0 aromatic heterocycles. The minimum Gasteiger partial charge on any atom is -0.317 e. The van der Waals surface area contributed by atoms with Gasteiger partial charge in [0.15, 0.2) is 0 Å². The van der Waals surface area contributed by atoms with Crippen LogP contribution in [0.25, 0.3) is 0 Å². The van der Waals surface area contributed by atoms with Crippen molar-refractivity contribution in [1.82, 2.24) is 10.2 Å². The Hall–Kier alpha value is -0.0800. The number of nitrogens with zero attached hydrogens (tertiary/aromatic N) is 1. The van der Waals surface area contributed by atoms with Crippen LogP contribution in [-0.4, -0.2) is 37.1 Å². The second kappa shape index (κ2) is 5.13. The van der Waals surface area contributed by atoms with Gasteiger partial charge in [0.05, 0.1) is 0 Å². The zero-order chi connectivity index (χ0) is 9.80. The van der Waals surface area contributed by atoms with Gasteiger partial charge in [-0.1, -0.05) is 6.42 Å². The predicted octanol–water partition coefficient (Wildman–Crippen LogP) is 1.86. The Bertz CT molecular complexity index is 140. The van der Waals surface area contributed by atoms with Crippen LogP contribution in [0.3, 0.4) is 0 Å². The van der Waals surface area contributed by atoms with Crippen molar-refractivity contribution in [1.29, 1.82) is 0 Å². The lowest BCUT2D eigenvalue weighted by Gasteiger charge is -2.38. The van der Waals surface area contributed by atoms with Crippen LogP contribution in [0.5, 0.6) is 0 Å². The lowest BCUT2D eigenvalue weighted by Crippen LogP contribution is -2.45. The maximum atomic E-state index is 3.45. The zero-order valence-corrected chi connectivity index (χ0v) is 9.47. The molecule has 2 rings (SSSR count). The van der Waals surface area contributed by atoms with Crippen molar-refractivity contribution in [2.45, 2.75) is 45.1 Å². The van der Waals surface area contributed by atoms with Gasteiger partial charge in [-0.25, -0.2) is 0 Å². The molecule has 2 heteroatoms. The van der Waals surface area contributed by atoms with E-state index in [0.717, 1.165) is 12.0 Å². The molecule has 1 N–H and O–H groups in total. The number of likely N-dealkylation sites (tertiary alicyclic amines) is 1. The lowest BCUT2D eigenvalue weighted by atomic mass is 9.89. The number of nitrogens with one attached hydrogen (secondary N) is 1. The highest BCUT2D eigenvalue weighted by atomic mass is 15.2. The summed E-state index contributed by atoms with van der Waals surface area (Å²) in [6, 6.07) is 0.831. The first-order chi connectivity index (χ1) is 6.88. The first-order valence-electron chi connectivity index (χ1n) is 6.32. The third kappa shape index (κ3) is 2.48. The SMILES string of the molecule is CC(C1CCNCC1)N1CCCCC1. The minimum absolute atomic E-state index is 0.831. The molecule has 0 saturated carbocycles. The number of hydrogen-bond acceptors (Lipinski definition) is 2. The molecule has 14 heavy (non-hydrogen) atoms. The van der Waals surface area contributed by atoms with Crippen LogP contribution < -0.4 is 5.32 Å². The highest BCUT2D eigenvalue weighted by Crippen LogP contribution is 2.23. The number of piperidine rings is 2. The molecule has 1 atom stereocenters. The molecule has 0 amide bonds. The molecule has 1 unspecified atom stereocenters. The topological polar surface area (TPSA) is 15.3 Å². The van der Waals surface area contributed by atoms with Crippen LogP contribution in [-0.2, 0) is 0 Å². The van der Waals surface area contributed by atoms with E-state index in [-0.39, 0.29) is 0 Å². The highest BCUT2D eigenvalue weighted by molar-refractivity contribution is 4.81. The average Bonchev–Trinajstić information content (AvgIpc) is 2.30. The van der Waals surface area contributed by atoms with E-state index in [2.05, 4.69) is 17.1 Å². The Morgan fingerprint density at radius 1 is 1.07 bits per heavy atom. The molecule has 2 nitrogen and oxygen atoms in total. The summed E-state index contributed by atoms with van der Waals surface area (Å²) in [5, 5.41) is 3.45. The third-order valence-electron chi connectivity index (χ3n) is 4.03. The largest absolute Gasteiger partial charge is 0.317 e. The summed E-state index contributed by atoms with van der Waals surface area (Å²) in [4.78, 5) is 2.72. The molecule has 2 saturated heterocycles. The fourth-order valence-corrected chi connectivity index (χ4v) is 2.95. The van der Waals surface area contributed by atoms with Crippen molar-refractivity contribution >= 4 is 0 Å². The highest BCUT2D eigenvalue weighted by Gasteiger charge is 2.25. The smallest absolute Gasteiger partial charge is 0.00961 e. The van der Waals surface area contributed by atoms with Gasteiger partial charge in [-0.3, -0.25) is 0 Å². The molecular formula is C12H24N2. The van der Waals surface area contributed by atoms with Crippen LogP contribution in [0, 0.1) is 5.92 Å². The Labute approximate surface area is 88.1 Å². The van der Waals surface area contributed by atoms with Crippen LogP contribution in [0.1, 0.15) is 39.0 Å². The van der Waals surface area contributed by atoms with Crippen molar-refractivity contribution in [2.24, 2.45) is 5.92 Å².